The summed E-state index contributed by atoms with van der Waals surface area (Å²) in [5, 5.41) is 5.78. The summed E-state index contributed by atoms with van der Waals surface area (Å²) in [6.07, 6.45) is 9.35. The molecule has 4 atom stereocenters. The first kappa shape index (κ1) is 56.8. The van der Waals surface area contributed by atoms with Crippen LogP contribution in [-0.4, -0.2) is 185 Å². The summed E-state index contributed by atoms with van der Waals surface area (Å²) >= 11 is 0. The molecule has 15 rings (SSSR count). The van der Waals surface area contributed by atoms with E-state index in [-0.39, 0.29) is 54.2 Å². The van der Waals surface area contributed by atoms with Crippen LogP contribution in [0.25, 0.3) is 33.3 Å². The number of fused-ring (bicyclic) bond motifs is 2. The fourth-order valence-corrected chi connectivity index (χ4v) is 12.5. The standard InChI is InChI=1S/C28H34N6O3.C19H29BN2O3.C16H20N4O2/c1-18(20-12-26(35)29-14-20)37-28-27-25(30-17-34(27)22-6-7-22)13-24(31-28)19-2-4-21(5-3-19)33-15-23(16-33)32-8-10-36-11-9-32;1-18(2)19(3,4)25-20(24-18)15-5-7-16(8-6-15)22-13-17(14-22)21-9-11-23-12-10-21;1-9-5-13-15(20(8-18-13)12-3-4-12)16(19-9)22-10(2)11-6-14(21)17-7-11/h2-5,13,17-18,20,22-23H,6-12,14-16H2,1H3,(H,29,35);5-8,17H,9-14H2,1-4H3;5,8,10-12H,3-4,6-7H2,1-2H3,(H,17,21)/t18-,20-;;10-,11-/m1.1/s1. The number of carbonyl (C=O) groups excluding carboxylic acids is 2. The second-order valence-electron chi connectivity index (χ2n) is 25.7. The number of pyridine rings is 2. The summed E-state index contributed by atoms with van der Waals surface area (Å²) in [5.41, 5.74) is 9.62. The number of benzene rings is 2. The normalized spacial score (nSPS) is 24.4. The van der Waals surface area contributed by atoms with E-state index in [1.54, 1.807) is 0 Å². The topological polar surface area (TPSA) is 188 Å². The Kier molecular flexibility index (Phi) is 15.9. The summed E-state index contributed by atoms with van der Waals surface area (Å²) in [4.78, 5) is 51.9. The number of nitrogens with zero attached hydrogens (tertiary/aromatic N) is 10. The van der Waals surface area contributed by atoms with Crippen LogP contribution in [0.15, 0.2) is 73.3 Å². The van der Waals surface area contributed by atoms with E-state index in [2.05, 4.69) is 132 Å². The number of ether oxygens (including phenoxy) is 4. The molecule has 2 N–H and O–H groups in total. The average molecular weight is 1150 g/mol. The number of aryl methyl sites for hydroxylation is 1. The number of imidazole rings is 2. The number of carbonyl (C=O) groups is 2. The lowest BCUT2D eigenvalue weighted by Crippen LogP contribution is -2.61. The number of aromatic nitrogens is 6. The van der Waals surface area contributed by atoms with E-state index < -0.39 is 0 Å². The van der Waals surface area contributed by atoms with Gasteiger partial charge in [-0.15, -0.1) is 0 Å². The Morgan fingerprint density at radius 3 is 1.48 bits per heavy atom. The Labute approximate surface area is 493 Å². The van der Waals surface area contributed by atoms with Crippen molar-refractivity contribution < 1.29 is 37.8 Å². The monoisotopic (exact) mass is 1150 g/mol. The van der Waals surface area contributed by atoms with E-state index >= 15 is 0 Å². The van der Waals surface area contributed by atoms with E-state index in [9.17, 15) is 9.59 Å². The predicted octanol–water partition coefficient (Wildman–Crippen LogP) is 6.34. The van der Waals surface area contributed by atoms with Crippen molar-refractivity contribution in [2.24, 2.45) is 11.8 Å². The molecule has 7 aliphatic heterocycles. The Morgan fingerprint density at radius 1 is 0.595 bits per heavy atom. The SMILES string of the molecule is CC1(C)OB(c2ccc(N3CC(N4CCOCC4)C3)cc2)OC1(C)C.C[C@@H](Oc1nc(-c2ccc(N3CC(N4CCOCC4)C3)cc2)cc2ncn(C3CC3)c12)[C@H]1CNC(=O)C1.Cc1cc2ncn(C3CC3)c2c(O[C@H](C)[C@H]2CNC(=O)C2)n1. The van der Waals surface area contributed by atoms with Crippen molar-refractivity contribution in [1.82, 2.24) is 49.5 Å². The van der Waals surface area contributed by atoms with E-state index in [0.717, 1.165) is 136 Å². The first-order valence-corrected chi connectivity index (χ1v) is 30.9. The van der Waals surface area contributed by atoms with Gasteiger partial charge in [-0.3, -0.25) is 19.4 Å². The second kappa shape index (κ2) is 23.5. The molecule has 2 saturated carbocycles. The molecule has 6 aromatic rings. The van der Waals surface area contributed by atoms with Crippen LogP contribution in [0.2, 0.25) is 0 Å². The Morgan fingerprint density at radius 2 is 1.04 bits per heavy atom. The van der Waals surface area contributed by atoms with Gasteiger partial charge in [-0.2, -0.15) is 0 Å². The van der Waals surface area contributed by atoms with Gasteiger partial charge in [0.25, 0.3) is 0 Å². The van der Waals surface area contributed by atoms with Crippen molar-refractivity contribution >= 4 is 57.8 Å². The van der Waals surface area contributed by atoms with Gasteiger partial charge in [0.1, 0.15) is 23.2 Å². The van der Waals surface area contributed by atoms with Crippen molar-refractivity contribution in [3.8, 4) is 23.0 Å². The van der Waals surface area contributed by atoms with Gasteiger partial charge in [-0.25, -0.2) is 19.9 Å². The van der Waals surface area contributed by atoms with Crippen LogP contribution in [0.5, 0.6) is 11.8 Å². The van der Waals surface area contributed by atoms with Crippen LogP contribution in [-0.2, 0) is 28.4 Å². The zero-order valence-electron chi connectivity index (χ0n) is 50.0. The third-order valence-electron chi connectivity index (χ3n) is 19.2. The molecule has 0 radical (unpaired) electrons. The molecule has 2 amide bonds. The minimum Gasteiger partial charge on any atom is -0.473 e. The number of nitrogens with one attached hydrogen (secondary N) is 2. The molecule has 446 valence electrons. The first-order valence-electron chi connectivity index (χ1n) is 30.9. The average Bonchev–Trinajstić information content (AvgIpc) is 2.99. The van der Waals surface area contributed by atoms with Crippen LogP contribution in [0.1, 0.15) is 97.8 Å². The minimum absolute atomic E-state index is 0.0565. The van der Waals surface area contributed by atoms with Gasteiger partial charge in [0, 0.05) is 137 Å². The van der Waals surface area contributed by atoms with E-state index in [1.165, 1.54) is 24.2 Å². The van der Waals surface area contributed by atoms with Crippen molar-refractivity contribution in [1.29, 1.82) is 0 Å². The number of morpholine rings is 2. The molecular weight excluding hydrogens is 1060 g/mol. The molecule has 7 saturated heterocycles. The van der Waals surface area contributed by atoms with Gasteiger partial charge >= 0.3 is 7.12 Å². The summed E-state index contributed by atoms with van der Waals surface area (Å²) in [5.74, 6) is 1.79. The highest BCUT2D eigenvalue weighted by Gasteiger charge is 2.52. The quantitative estimate of drug-likeness (QED) is 0.115. The highest BCUT2D eigenvalue weighted by molar-refractivity contribution is 6.62. The molecule has 84 heavy (non-hydrogen) atoms. The van der Waals surface area contributed by atoms with Crippen LogP contribution >= 0.6 is 0 Å². The lowest BCUT2D eigenvalue weighted by Gasteiger charge is -2.47. The summed E-state index contributed by atoms with van der Waals surface area (Å²) in [7, 11) is -0.281. The molecular formula is C63H83BN12O8. The van der Waals surface area contributed by atoms with Crippen LogP contribution in [0.3, 0.4) is 0 Å². The Bertz CT molecular complexity index is 3290. The maximum atomic E-state index is 11.8. The van der Waals surface area contributed by atoms with Gasteiger partial charge < -0.3 is 57.8 Å². The number of rotatable bonds is 14. The second-order valence-corrected chi connectivity index (χ2v) is 25.7. The summed E-state index contributed by atoms with van der Waals surface area (Å²) < 4.78 is 40.2. The number of hydrogen-bond donors (Lipinski definition) is 2. The first-order chi connectivity index (χ1) is 40.6. The molecule has 9 fully saturated rings. The van der Waals surface area contributed by atoms with Gasteiger partial charge in [-0.1, -0.05) is 24.3 Å². The summed E-state index contributed by atoms with van der Waals surface area (Å²) in [6, 6.07) is 23.7. The Balaban J connectivity index is 0.000000123. The zero-order chi connectivity index (χ0) is 57.9. The number of amides is 2. The Hall–Kier alpha value is -6.36. The molecule has 2 aliphatic carbocycles. The van der Waals surface area contributed by atoms with Crippen LogP contribution in [0, 0.1) is 18.8 Å². The predicted molar refractivity (Wildman–Crippen MR) is 323 cm³/mol. The molecule has 9 aliphatic rings. The van der Waals surface area contributed by atoms with Crippen molar-refractivity contribution in [3.63, 3.8) is 0 Å². The third-order valence-corrected chi connectivity index (χ3v) is 19.2. The largest absolute Gasteiger partial charge is 0.494 e. The van der Waals surface area contributed by atoms with E-state index in [4.69, 9.17) is 38.2 Å². The fourth-order valence-electron chi connectivity index (χ4n) is 12.5. The van der Waals surface area contributed by atoms with Crippen LogP contribution < -0.4 is 35.4 Å². The van der Waals surface area contributed by atoms with E-state index in [1.807, 2.05) is 39.5 Å². The van der Waals surface area contributed by atoms with Gasteiger partial charge in [0.2, 0.25) is 23.6 Å². The molecule has 20 nitrogen and oxygen atoms in total. The smallest absolute Gasteiger partial charge is 0.473 e. The zero-order valence-corrected chi connectivity index (χ0v) is 50.0. The number of hydrogen-bond acceptors (Lipinski definition) is 16. The lowest BCUT2D eigenvalue weighted by atomic mass is 9.79. The fraction of sp³-hybridized carbons (Fsp3) is 0.587. The molecule has 4 aromatic heterocycles. The molecule has 0 bridgehead atoms. The minimum atomic E-state index is -0.292. The van der Waals surface area contributed by atoms with Gasteiger partial charge in [0.15, 0.2) is 0 Å². The van der Waals surface area contributed by atoms with E-state index in [0.29, 0.717) is 61.9 Å². The van der Waals surface area contributed by atoms with Gasteiger partial charge in [-0.05, 0) is 116 Å². The molecule has 2 aromatic carbocycles. The van der Waals surface area contributed by atoms with Gasteiger partial charge in [0.05, 0.1) is 67.0 Å². The molecule has 21 heteroatoms. The third kappa shape index (κ3) is 12.1. The molecule has 0 unspecified atom stereocenters. The highest BCUT2D eigenvalue weighted by Crippen LogP contribution is 2.42. The lowest BCUT2D eigenvalue weighted by molar-refractivity contribution is -0.120. The molecule has 0 spiro atoms. The maximum absolute atomic E-state index is 11.8. The summed E-state index contributed by atoms with van der Waals surface area (Å²) in [6.45, 7) is 27.7. The highest BCUT2D eigenvalue weighted by atomic mass is 16.7. The van der Waals surface area contributed by atoms with Crippen molar-refractivity contribution in [2.75, 3.05) is 102 Å². The van der Waals surface area contributed by atoms with Crippen molar-refractivity contribution in [3.05, 3.63) is 79.0 Å². The maximum Gasteiger partial charge on any atom is 0.494 e. The van der Waals surface area contributed by atoms with Crippen LogP contribution in [0.4, 0.5) is 11.4 Å². The molecule has 11 heterocycles. The number of anilines is 2. The van der Waals surface area contributed by atoms with Crippen molar-refractivity contribution in [2.45, 2.75) is 135 Å².